The molecule has 0 aromatic heterocycles. The molecule has 3 aliphatic rings. The summed E-state index contributed by atoms with van der Waals surface area (Å²) in [6.45, 7) is 0.287. The number of thioether (sulfide) groups is 1. The SMILES string of the molecule is O=C(CCNCC#CCOc1ccc(C(F)(F)F)cc1)N1CCC2=C(C1)C(=O)N(c1ccccc1)C(SC1CCC1)N2OC(=O)C(F)(F)F. The fraction of sp³-hybridized carbons (Fsp3) is 0.424. The highest BCUT2D eigenvalue weighted by Crippen LogP contribution is 2.44. The van der Waals surface area contributed by atoms with Gasteiger partial charge in [0, 0.05) is 36.9 Å². The molecule has 0 radical (unpaired) electrons. The Bertz CT molecular complexity index is 1600. The number of nitrogens with zero attached hydrogens (tertiary/aromatic N) is 3. The molecular formula is C33H32F6N4O5S. The summed E-state index contributed by atoms with van der Waals surface area (Å²) in [5.41, 5.74) is -1.25. The van der Waals surface area contributed by atoms with E-state index in [0.29, 0.717) is 5.69 Å². The summed E-state index contributed by atoms with van der Waals surface area (Å²) < 4.78 is 83.5. The second-order valence-corrected chi connectivity index (χ2v) is 12.7. The van der Waals surface area contributed by atoms with Gasteiger partial charge in [0.1, 0.15) is 12.4 Å². The van der Waals surface area contributed by atoms with Gasteiger partial charge in [-0.2, -0.15) is 31.4 Å². The standard InChI is InChI=1S/C33H32F6N4O5S/c34-32(35,36)22-11-13-24(14-12-22)47-20-5-4-17-40-18-15-28(44)41-19-16-27-26(21-41)29(45)42(23-7-2-1-3-8-23)31(49-25-9-6-10-25)43(27)48-30(46)33(37,38)39/h1-3,7-8,11-14,25,31,40H,6,9-10,15-21H2. The Balaban J connectivity index is 1.20. The highest BCUT2D eigenvalue weighted by atomic mass is 32.2. The predicted octanol–water partition coefficient (Wildman–Crippen LogP) is 5.49. The largest absolute Gasteiger partial charge is 0.493 e. The lowest BCUT2D eigenvalue weighted by Gasteiger charge is -2.48. The number of carbonyl (C=O) groups is 3. The quantitative estimate of drug-likeness (QED) is 0.197. The Labute approximate surface area is 282 Å². The number of alkyl halides is 6. The van der Waals surface area contributed by atoms with Crippen LogP contribution in [0.3, 0.4) is 0 Å². The van der Waals surface area contributed by atoms with Crippen molar-refractivity contribution >= 4 is 35.2 Å². The summed E-state index contributed by atoms with van der Waals surface area (Å²) in [6.07, 6.45) is -7.11. The van der Waals surface area contributed by atoms with Gasteiger partial charge in [0.15, 0.2) is 5.50 Å². The molecule has 2 heterocycles. The van der Waals surface area contributed by atoms with Crippen molar-refractivity contribution in [2.24, 2.45) is 0 Å². The summed E-state index contributed by atoms with van der Waals surface area (Å²) in [4.78, 5) is 47.0. The maximum atomic E-state index is 14.0. The number of halogens is 6. The lowest BCUT2D eigenvalue weighted by atomic mass is 10.00. The zero-order valence-corrected chi connectivity index (χ0v) is 26.8. The second kappa shape index (κ2) is 15.5. The molecule has 1 unspecified atom stereocenters. The molecule has 2 aromatic carbocycles. The van der Waals surface area contributed by atoms with Crippen molar-refractivity contribution in [1.29, 1.82) is 0 Å². The summed E-state index contributed by atoms with van der Waals surface area (Å²) in [5, 5.41) is 3.95. The van der Waals surface area contributed by atoms with Crippen LogP contribution in [0.1, 0.15) is 37.7 Å². The van der Waals surface area contributed by atoms with Gasteiger partial charge in [0.05, 0.1) is 29.9 Å². The molecule has 2 aliphatic heterocycles. The first kappa shape index (κ1) is 35.9. The normalized spacial score (nSPS) is 18.4. The van der Waals surface area contributed by atoms with Crippen LogP contribution in [0.2, 0.25) is 0 Å². The van der Waals surface area contributed by atoms with Gasteiger partial charge in [-0.15, -0.1) is 11.8 Å². The summed E-state index contributed by atoms with van der Waals surface area (Å²) in [5.74, 6) is 2.55. The molecule has 1 aliphatic carbocycles. The Morgan fingerprint density at radius 2 is 1.69 bits per heavy atom. The van der Waals surface area contributed by atoms with E-state index in [1.807, 2.05) is 0 Å². The minimum Gasteiger partial charge on any atom is -0.481 e. The average molecular weight is 711 g/mol. The number of anilines is 1. The molecule has 16 heteroatoms. The zero-order valence-electron chi connectivity index (χ0n) is 26.0. The van der Waals surface area contributed by atoms with Gasteiger partial charge in [-0.25, -0.2) is 4.79 Å². The van der Waals surface area contributed by atoms with Crippen LogP contribution in [0.25, 0.3) is 0 Å². The first-order chi connectivity index (χ1) is 23.3. The Morgan fingerprint density at radius 3 is 2.33 bits per heavy atom. The smallest absolute Gasteiger partial charge is 0.481 e. The first-order valence-corrected chi connectivity index (χ1v) is 16.4. The van der Waals surface area contributed by atoms with Crippen molar-refractivity contribution in [1.82, 2.24) is 15.3 Å². The highest BCUT2D eigenvalue weighted by molar-refractivity contribution is 8.00. The van der Waals surface area contributed by atoms with Crippen molar-refractivity contribution in [2.75, 3.05) is 37.7 Å². The Hall–Kier alpha value is -4.36. The minimum atomic E-state index is -5.27. The van der Waals surface area contributed by atoms with Crippen LogP contribution in [-0.4, -0.2) is 77.5 Å². The number of amides is 2. The zero-order chi connectivity index (χ0) is 35.2. The minimum absolute atomic E-state index is 0.000142. The second-order valence-electron chi connectivity index (χ2n) is 11.3. The van der Waals surface area contributed by atoms with Crippen LogP contribution in [0.4, 0.5) is 32.0 Å². The molecule has 1 saturated carbocycles. The first-order valence-electron chi connectivity index (χ1n) is 15.4. The number of para-hydroxylation sites is 1. The van der Waals surface area contributed by atoms with Gasteiger partial charge in [0.2, 0.25) is 5.91 Å². The molecule has 49 heavy (non-hydrogen) atoms. The topological polar surface area (TPSA) is 91.4 Å². The number of nitrogens with one attached hydrogen (secondary N) is 1. The van der Waals surface area contributed by atoms with Crippen LogP contribution >= 0.6 is 11.8 Å². The summed E-state index contributed by atoms with van der Waals surface area (Å²) in [6, 6.07) is 12.6. The van der Waals surface area contributed by atoms with Gasteiger partial charge in [0.25, 0.3) is 5.91 Å². The summed E-state index contributed by atoms with van der Waals surface area (Å²) in [7, 11) is 0. The lowest BCUT2D eigenvalue weighted by Crippen LogP contribution is -2.59. The molecule has 262 valence electrons. The van der Waals surface area contributed by atoms with E-state index in [0.717, 1.165) is 36.5 Å². The number of rotatable bonds is 10. The third-order valence-corrected chi connectivity index (χ3v) is 9.50. The van der Waals surface area contributed by atoms with E-state index in [4.69, 9.17) is 9.57 Å². The number of ether oxygens (including phenoxy) is 1. The number of hydroxylamine groups is 2. The maximum Gasteiger partial charge on any atom is 0.493 e. The summed E-state index contributed by atoms with van der Waals surface area (Å²) >= 11 is 1.27. The van der Waals surface area contributed by atoms with Gasteiger partial charge in [-0.05, 0) is 49.2 Å². The molecule has 2 aromatic rings. The van der Waals surface area contributed by atoms with Crippen molar-refractivity contribution in [2.45, 2.75) is 55.2 Å². The van der Waals surface area contributed by atoms with Crippen LogP contribution < -0.4 is 15.0 Å². The van der Waals surface area contributed by atoms with Crippen molar-refractivity contribution in [3.63, 3.8) is 0 Å². The van der Waals surface area contributed by atoms with E-state index in [2.05, 4.69) is 17.2 Å². The molecule has 1 N–H and O–H groups in total. The molecular weight excluding hydrogens is 678 g/mol. The van der Waals surface area contributed by atoms with Gasteiger partial charge < -0.3 is 19.8 Å². The van der Waals surface area contributed by atoms with Crippen molar-refractivity contribution < 1.29 is 50.3 Å². The van der Waals surface area contributed by atoms with E-state index in [9.17, 15) is 40.7 Å². The van der Waals surface area contributed by atoms with E-state index in [-0.39, 0.29) is 73.8 Å². The van der Waals surface area contributed by atoms with Gasteiger partial charge in [-0.1, -0.05) is 36.5 Å². The van der Waals surface area contributed by atoms with Crippen molar-refractivity contribution in [3.8, 4) is 17.6 Å². The van der Waals surface area contributed by atoms with Crippen LogP contribution in [-0.2, 0) is 25.4 Å². The van der Waals surface area contributed by atoms with Gasteiger partial charge in [-0.3, -0.25) is 14.5 Å². The number of hydrogen-bond donors (Lipinski definition) is 1. The molecule has 2 amide bonds. The van der Waals surface area contributed by atoms with Gasteiger partial charge >= 0.3 is 18.3 Å². The Kier molecular flexibility index (Phi) is 11.3. The van der Waals surface area contributed by atoms with Crippen LogP contribution in [0.5, 0.6) is 5.75 Å². The van der Waals surface area contributed by atoms with Crippen LogP contribution in [0, 0.1) is 11.8 Å². The fourth-order valence-corrected chi connectivity index (χ4v) is 6.80. The predicted molar refractivity (Wildman–Crippen MR) is 167 cm³/mol. The van der Waals surface area contributed by atoms with Crippen molar-refractivity contribution in [3.05, 3.63) is 71.4 Å². The molecule has 0 bridgehead atoms. The molecule has 1 atom stereocenters. The third kappa shape index (κ3) is 9.01. The van der Waals surface area contributed by atoms with E-state index >= 15 is 0 Å². The Morgan fingerprint density at radius 1 is 0.980 bits per heavy atom. The van der Waals surface area contributed by atoms with E-state index in [1.165, 1.54) is 33.7 Å². The molecule has 0 spiro atoms. The van der Waals surface area contributed by atoms with E-state index < -0.39 is 35.3 Å². The monoisotopic (exact) mass is 710 g/mol. The molecule has 1 fully saturated rings. The van der Waals surface area contributed by atoms with E-state index in [1.54, 1.807) is 30.3 Å². The number of carbonyl (C=O) groups excluding carboxylic acids is 3. The maximum absolute atomic E-state index is 14.0. The van der Waals surface area contributed by atoms with Crippen LogP contribution in [0.15, 0.2) is 65.9 Å². The third-order valence-electron chi connectivity index (χ3n) is 7.99. The average Bonchev–Trinajstić information content (AvgIpc) is 3.05. The molecule has 5 rings (SSSR count). The number of benzene rings is 2. The molecule has 0 saturated heterocycles. The number of hydrogen-bond acceptors (Lipinski definition) is 8. The highest BCUT2D eigenvalue weighted by Gasteiger charge is 2.50. The fourth-order valence-electron chi connectivity index (χ4n) is 5.23. The molecule has 9 nitrogen and oxygen atoms in total. The lowest BCUT2D eigenvalue weighted by molar-refractivity contribution is -0.235.